The molecule has 0 aliphatic carbocycles. The van der Waals surface area contributed by atoms with Gasteiger partial charge in [0.15, 0.2) is 0 Å². The van der Waals surface area contributed by atoms with Crippen molar-refractivity contribution >= 4 is 50.0 Å². The van der Waals surface area contributed by atoms with Gasteiger partial charge >= 0.3 is 5.97 Å². The van der Waals surface area contributed by atoms with Crippen molar-refractivity contribution in [3.63, 3.8) is 0 Å². The molecular formula is C37H36ClN3O3S. The number of halogens is 1. The summed E-state index contributed by atoms with van der Waals surface area (Å²) in [6.45, 7) is 12.3. The summed E-state index contributed by atoms with van der Waals surface area (Å²) in [4.78, 5) is 17.9. The predicted octanol–water partition coefficient (Wildman–Crippen LogP) is 9.72. The number of benzene rings is 4. The summed E-state index contributed by atoms with van der Waals surface area (Å²) < 4.78 is 14.7. The Morgan fingerprint density at radius 2 is 1.69 bits per heavy atom. The molecule has 2 heterocycles. The van der Waals surface area contributed by atoms with Crippen LogP contribution in [0.1, 0.15) is 56.2 Å². The van der Waals surface area contributed by atoms with Gasteiger partial charge in [0.2, 0.25) is 0 Å². The van der Waals surface area contributed by atoms with E-state index in [0.29, 0.717) is 11.6 Å². The highest BCUT2D eigenvalue weighted by Crippen LogP contribution is 2.44. The Labute approximate surface area is 272 Å². The Morgan fingerprint density at radius 3 is 2.40 bits per heavy atom. The Hall–Kier alpha value is -4.04. The average molecular weight is 638 g/mol. The second-order valence-electron chi connectivity index (χ2n) is 12.4. The van der Waals surface area contributed by atoms with Crippen molar-refractivity contribution < 1.29 is 14.3 Å². The number of hydrogen-bond donors (Lipinski definition) is 0. The molecule has 45 heavy (non-hydrogen) atoms. The van der Waals surface area contributed by atoms with Crippen molar-refractivity contribution in [2.75, 3.05) is 6.61 Å². The molecule has 0 aliphatic rings. The first-order valence-electron chi connectivity index (χ1n) is 15.0. The number of aromatic nitrogens is 3. The van der Waals surface area contributed by atoms with E-state index in [1.807, 2.05) is 65.0 Å². The molecule has 0 bridgehead atoms. The normalized spacial score (nSPS) is 12.6. The lowest BCUT2D eigenvalue weighted by Gasteiger charge is -2.22. The first-order valence-corrected chi connectivity index (χ1v) is 16.2. The van der Waals surface area contributed by atoms with Crippen molar-refractivity contribution in [1.29, 1.82) is 0 Å². The summed E-state index contributed by atoms with van der Waals surface area (Å²) in [7, 11) is 0. The maximum Gasteiger partial charge on any atom is 0.332 e. The summed E-state index contributed by atoms with van der Waals surface area (Å²) in [5.74, 6) is -0.402. The van der Waals surface area contributed by atoms with E-state index in [1.54, 1.807) is 11.3 Å². The molecule has 6 nitrogen and oxygen atoms in total. The monoisotopic (exact) mass is 637 g/mol. The standard InChI is InChI=1S/C37H36ClN3O3S/c1-22-18-30-35(34(26-12-15-28(38)16-13-26)33(22)24(3)44-32(42)21-43-37(4,5)6)45-36(39-30)27-14-17-31-29(19-27)23(2)40-41(31)20-25-10-8-7-9-11-25/h7-19,24H,20-21H2,1-6H3/t24-/m0/s1. The molecule has 0 spiro atoms. The Balaban J connectivity index is 1.42. The summed E-state index contributed by atoms with van der Waals surface area (Å²) in [6, 6.07) is 26.7. The summed E-state index contributed by atoms with van der Waals surface area (Å²) in [5, 5.41) is 7.53. The van der Waals surface area contributed by atoms with E-state index in [0.717, 1.165) is 59.6 Å². The van der Waals surface area contributed by atoms with Gasteiger partial charge in [-0.05, 0) is 94.6 Å². The third-order valence-corrected chi connectivity index (χ3v) is 9.15. The number of nitrogens with zero attached hydrogens (tertiary/aromatic N) is 3. The number of esters is 1. The molecule has 0 amide bonds. The predicted molar refractivity (Wildman–Crippen MR) is 184 cm³/mol. The Morgan fingerprint density at radius 1 is 0.978 bits per heavy atom. The molecule has 0 aliphatic heterocycles. The molecule has 0 saturated heterocycles. The molecule has 0 unspecified atom stereocenters. The quantitative estimate of drug-likeness (QED) is 0.155. The average Bonchev–Trinajstić information content (AvgIpc) is 3.56. The molecule has 2 aromatic heterocycles. The van der Waals surface area contributed by atoms with Gasteiger partial charge in [-0.1, -0.05) is 54.1 Å². The molecule has 0 saturated carbocycles. The van der Waals surface area contributed by atoms with Crippen LogP contribution >= 0.6 is 22.9 Å². The molecule has 0 N–H and O–H groups in total. The topological polar surface area (TPSA) is 66.2 Å². The number of carbonyl (C=O) groups excluding carboxylic acids is 1. The lowest BCUT2D eigenvalue weighted by Crippen LogP contribution is -2.25. The van der Waals surface area contributed by atoms with Gasteiger partial charge in [0, 0.05) is 27.1 Å². The number of rotatable bonds is 8. The van der Waals surface area contributed by atoms with Gasteiger partial charge in [0.05, 0.1) is 33.6 Å². The fraction of sp³-hybridized carbons (Fsp3) is 0.270. The van der Waals surface area contributed by atoms with Gasteiger partial charge in [-0.25, -0.2) is 9.78 Å². The summed E-state index contributed by atoms with van der Waals surface area (Å²) in [6.07, 6.45) is -0.504. The zero-order chi connectivity index (χ0) is 31.9. The van der Waals surface area contributed by atoms with Crippen molar-refractivity contribution in [3.8, 4) is 21.7 Å². The van der Waals surface area contributed by atoms with Crippen LogP contribution in [-0.2, 0) is 20.8 Å². The minimum atomic E-state index is -0.504. The number of fused-ring (bicyclic) bond motifs is 2. The Bertz CT molecular complexity index is 2010. The lowest BCUT2D eigenvalue weighted by molar-refractivity contribution is -0.158. The molecular weight excluding hydrogens is 602 g/mol. The van der Waals surface area contributed by atoms with Gasteiger partial charge in [-0.15, -0.1) is 11.3 Å². The highest BCUT2D eigenvalue weighted by atomic mass is 35.5. The van der Waals surface area contributed by atoms with E-state index in [1.165, 1.54) is 5.56 Å². The molecule has 8 heteroatoms. The molecule has 230 valence electrons. The van der Waals surface area contributed by atoms with Gasteiger partial charge in [-0.2, -0.15) is 5.10 Å². The van der Waals surface area contributed by atoms with Gasteiger partial charge in [0.25, 0.3) is 0 Å². The zero-order valence-corrected chi connectivity index (χ0v) is 27.9. The van der Waals surface area contributed by atoms with Crippen molar-refractivity contribution in [3.05, 3.63) is 106 Å². The maximum absolute atomic E-state index is 12.8. The minimum Gasteiger partial charge on any atom is -0.456 e. The van der Waals surface area contributed by atoms with Gasteiger partial charge in [0.1, 0.15) is 17.7 Å². The van der Waals surface area contributed by atoms with E-state index in [-0.39, 0.29) is 6.61 Å². The Kier molecular flexibility index (Phi) is 8.53. The maximum atomic E-state index is 12.8. The smallest absolute Gasteiger partial charge is 0.332 e. The third-order valence-electron chi connectivity index (χ3n) is 7.76. The van der Waals surface area contributed by atoms with Crippen LogP contribution in [0.15, 0.2) is 78.9 Å². The summed E-state index contributed by atoms with van der Waals surface area (Å²) >= 11 is 7.92. The van der Waals surface area contributed by atoms with Crippen molar-refractivity contribution in [2.24, 2.45) is 0 Å². The molecule has 1 atom stereocenters. The van der Waals surface area contributed by atoms with Crippen LogP contribution in [0.5, 0.6) is 0 Å². The van der Waals surface area contributed by atoms with E-state index < -0.39 is 17.7 Å². The number of aryl methyl sites for hydroxylation is 2. The number of hydrogen-bond acceptors (Lipinski definition) is 6. The van der Waals surface area contributed by atoms with Crippen LogP contribution in [0.2, 0.25) is 5.02 Å². The first kappa shape index (κ1) is 31.0. The van der Waals surface area contributed by atoms with E-state index in [9.17, 15) is 4.79 Å². The van der Waals surface area contributed by atoms with E-state index in [4.69, 9.17) is 31.2 Å². The highest BCUT2D eigenvalue weighted by molar-refractivity contribution is 7.22. The molecule has 0 fully saturated rings. The lowest BCUT2D eigenvalue weighted by atomic mass is 9.92. The number of carbonyl (C=O) groups is 1. The molecule has 6 aromatic rings. The number of thiazole rings is 1. The zero-order valence-electron chi connectivity index (χ0n) is 26.3. The molecule has 0 radical (unpaired) electrons. The third kappa shape index (κ3) is 6.66. The molecule has 6 rings (SSSR count). The highest BCUT2D eigenvalue weighted by Gasteiger charge is 2.25. The largest absolute Gasteiger partial charge is 0.456 e. The fourth-order valence-electron chi connectivity index (χ4n) is 5.68. The van der Waals surface area contributed by atoms with Crippen molar-refractivity contribution in [2.45, 2.75) is 59.8 Å². The second kappa shape index (κ2) is 12.4. The SMILES string of the molecule is Cc1cc2nc(-c3ccc4c(c3)c(C)nn4Cc3ccccc3)sc2c(-c2ccc(Cl)cc2)c1[C@H](C)OC(=O)COC(C)(C)C. The number of ether oxygens (including phenoxy) is 2. The van der Waals surface area contributed by atoms with Crippen LogP contribution in [0.4, 0.5) is 0 Å². The van der Waals surface area contributed by atoms with Crippen LogP contribution in [-0.4, -0.2) is 32.9 Å². The van der Waals surface area contributed by atoms with Gasteiger partial charge < -0.3 is 9.47 Å². The van der Waals surface area contributed by atoms with Gasteiger partial charge in [-0.3, -0.25) is 4.68 Å². The summed E-state index contributed by atoms with van der Waals surface area (Å²) in [5.41, 5.74) is 8.69. The second-order valence-corrected chi connectivity index (χ2v) is 13.8. The van der Waals surface area contributed by atoms with E-state index >= 15 is 0 Å². The van der Waals surface area contributed by atoms with Crippen LogP contribution in [0.3, 0.4) is 0 Å². The van der Waals surface area contributed by atoms with Crippen molar-refractivity contribution in [1.82, 2.24) is 14.8 Å². The van der Waals surface area contributed by atoms with E-state index in [2.05, 4.69) is 60.1 Å². The van der Waals surface area contributed by atoms with Crippen LogP contribution < -0.4 is 0 Å². The first-order chi connectivity index (χ1) is 21.5. The minimum absolute atomic E-state index is 0.111. The van der Waals surface area contributed by atoms with Crippen LogP contribution in [0.25, 0.3) is 42.8 Å². The van der Waals surface area contributed by atoms with Crippen LogP contribution in [0, 0.1) is 13.8 Å². The fourth-order valence-corrected chi connectivity index (χ4v) is 6.92. The molecule has 4 aromatic carbocycles.